The fourth-order valence-electron chi connectivity index (χ4n) is 2.33. The zero-order valence-corrected chi connectivity index (χ0v) is 13.7. The summed E-state index contributed by atoms with van der Waals surface area (Å²) in [5.41, 5.74) is 1.34. The number of carbonyl (C=O) groups excluding carboxylic acids is 2. The number of carbonyl (C=O) groups is 2. The van der Waals surface area contributed by atoms with Crippen LogP contribution in [-0.2, 0) is 4.79 Å². The number of ether oxygens (including phenoxy) is 1. The van der Waals surface area contributed by atoms with Crippen molar-refractivity contribution >= 4 is 11.7 Å². The molecule has 0 heterocycles. The van der Waals surface area contributed by atoms with Gasteiger partial charge in [0.05, 0.1) is 6.04 Å². The summed E-state index contributed by atoms with van der Waals surface area (Å²) in [5, 5.41) is 2.78. The molecule has 1 N–H and O–H groups in total. The van der Waals surface area contributed by atoms with Gasteiger partial charge in [0.1, 0.15) is 5.75 Å². The van der Waals surface area contributed by atoms with Crippen molar-refractivity contribution < 1.29 is 23.1 Å². The molecule has 0 aliphatic rings. The summed E-state index contributed by atoms with van der Waals surface area (Å²) in [7, 11) is 0. The van der Waals surface area contributed by atoms with Crippen LogP contribution >= 0.6 is 0 Å². The molecular weight excluding hydrogens is 328 g/mol. The molecule has 0 aliphatic carbocycles. The van der Waals surface area contributed by atoms with Gasteiger partial charge in [-0.25, -0.2) is 0 Å². The normalized spacial score (nSPS) is 11.8. The number of rotatable bonds is 8. The first-order chi connectivity index (χ1) is 12.0. The topological polar surface area (TPSA) is 55.4 Å². The lowest BCUT2D eigenvalue weighted by Crippen LogP contribution is -2.26. The van der Waals surface area contributed by atoms with Crippen molar-refractivity contribution in [2.75, 3.05) is 0 Å². The van der Waals surface area contributed by atoms with Gasteiger partial charge in [0.2, 0.25) is 5.91 Å². The molecule has 2 rings (SSSR count). The maximum Gasteiger partial charge on any atom is 0.387 e. The lowest BCUT2D eigenvalue weighted by molar-refractivity contribution is -0.121. The minimum absolute atomic E-state index is 0.0609. The standard InChI is InChI=1S/C19H19F2NO3/c1-13(14-7-9-16(10-8-14)25-19(20)21)22-18(24)12-11-17(23)15-5-3-2-4-6-15/h2-10,13,19H,11-12H2,1H3,(H,22,24). The van der Waals surface area contributed by atoms with E-state index in [1.165, 1.54) is 12.1 Å². The van der Waals surface area contributed by atoms with E-state index in [1.807, 2.05) is 6.07 Å². The Kier molecular flexibility index (Phi) is 6.62. The zero-order chi connectivity index (χ0) is 18.2. The highest BCUT2D eigenvalue weighted by Crippen LogP contribution is 2.19. The largest absolute Gasteiger partial charge is 0.435 e. The van der Waals surface area contributed by atoms with Crippen LogP contribution in [-0.4, -0.2) is 18.3 Å². The van der Waals surface area contributed by atoms with E-state index in [-0.39, 0.29) is 36.3 Å². The molecule has 1 amide bonds. The summed E-state index contributed by atoms with van der Waals surface area (Å²) >= 11 is 0. The maximum absolute atomic E-state index is 12.1. The number of ketones is 1. The minimum atomic E-state index is -2.87. The smallest absolute Gasteiger partial charge is 0.387 e. The molecule has 0 spiro atoms. The third-order valence-corrected chi connectivity index (χ3v) is 3.66. The number of halogens is 2. The second-order valence-corrected chi connectivity index (χ2v) is 5.53. The van der Waals surface area contributed by atoms with Crippen LogP contribution in [0.25, 0.3) is 0 Å². The van der Waals surface area contributed by atoms with E-state index >= 15 is 0 Å². The van der Waals surface area contributed by atoms with Crippen LogP contribution in [0.3, 0.4) is 0 Å². The van der Waals surface area contributed by atoms with Crippen molar-refractivity contribution in [2.24, 2.45) is 0 Å². The molecule has 6 heteroatoms. The van der Waals surface area contributed by atoms with Crippen LogP contribution in [0, 0.1) is 0 Å². The van der Waals surface area contributed by atoms with Gasteiger partial charge in [-0.15, -0.1) is 0 Å². The first-order valence-corrected chi connectivity index (χ1v) is 7.88. The molecule has 0 aliphatic heterocycles. The molecule has 0 radical (unpaired) electrons. The molecule has 2 aromatic carbocycles. The van der Waals surface area contributed by atoms with Gasteiger partial charge in [0, 0.05) is 18.4 Å². The van der Waals surface area contributed by atoms with Gasteiger partial charge < -0.3 is 10.1 Å². The Labute approximate surface area is 144 Å². The van der Waals surface area contributed by atoms with Gasteiger partial charge in [0.15, 0.2) is 5.78 Å². The summed E-state index contributed by atoms with van der Waals surface area (Å²) < 4.78 is 28.5. The van der Waals surface area contributed by atoms with Crippen LogP contribution in [0.2, 0.25) is 0 Å². The third kappa shape index (κ3) is 5.99. The Morgan fingerprint density at radius 3 is 2.24 bits per heavy atom. The number of benzene rings is 2. The van der Waals surface area contributed by atoms with Crippen LogP contribution in [0.5, 0.6) is 5.75 Å². The Bertz CT molecular complexity index is 702. The fourth-order valence-corrected chi connectivity index (χ4v) is 2.33. The molecule has 0 bridgehead atoms. The molecule has 0 saturated heterocycles. The average molecular weight is 347 g/mol. The number of hydrogen-bond donors (Lipinski definition) is 1. The summed E-state index contributed by atoms with van der Waals surface area (Å²) in [5.74, 6) is -0.271. The first kappa shape index (κ1) is 18.6. The number of amides is 1. The van der Waals surface area contributed by atoms with E-state index in [1.54, 1.807) is 43.3 Å². The molecular formula is C19H19F2NO3. The fraction of sp³-hybridized carbons (Fsp3) is 0.263. The Hall–Kier alpha value is -2.76. The summed E-state index contributed by atoms with van der Waals surface area (Å²) in [4.78, 5) is 24.0. The van der Waals surface area contributed by atoms with Gasteiger partial charge >= 0.3 is 6.61 Å². The number of Topliss-reactive ketones (excluding diaryl/α,β-unsaturated/α-hetero) is 1. The van der Waals surface area contributed by atoms with Gasteiger partial charge in [-0.3, -0.25) is 9.59 Å². The quantitative estimate of drug-likeness (QED) is 0.731. The van der Waals surface area contributed by atoms with Crippen LogP contribution in [0.15, 0.2) is 54.6 Å². The van der Waals surface area contributed by atoms with E-state index in [0.717, 1.165) is 5.56 Å². The molecule has 1 unspecified atom stereocenters. The van der Waals surface area contributed by atoms with Gasteiger partial charge in [-0.05, 0) is 24.6 Å². The van der Waals surface area contributed by atoms with Gasteiger partial charge in [0.25, 0.3) is 0 Å². The summed E-state index contributed by atoms with van der Waals surface area (Å²) in [6.45, 7) is -1.09. The first-order valence-electron chi connectivity index (χ1n) is 7.88. The number of nitrogens with one attached hydrogen (secondary N) is 1. The lowest BCUT2D eigenvalue weighted by Gasteiger charge is -2.15. The molecule has 0 saturated carbocycles. The van der Waals surface area contributed by atoms with Crippen molar-refractivity contribution in [3.63, 3.8) is 0 Å². The predicted molar refractivity (Wildman–Crippen MR) is 89.6 cm³/mol. The molecule has 0 fully saturated rings. The second kappa shape index (κ2) is 8.92. The van der Waals surface area contributed by atoms with E-state index in [2.05, 4.69) is 10.1 Å². The van der Waals surface area contributed by atoms with Crippen LogP contribution in [0.1, 0.15) is 41.7 Å². The maximum atomic E-state index is 12.1. The Balaban J connectivity index is 1.82. The van der Waals surface area contributed by atoms with E-state index in [0.29, 0.717) is 5.56 Å². The highest BCUT2D eigenvalue weighted by molar-refractivity contribution is 5.97. The molecule has 132 valence electrons. The molecule has 1 atom stereocenters. The van der Waals surface area contributed by atoms with E-state index < -0.39 is 6.61 Å². The van der Waals surface area contributed by atoms with Crippen LogP contribution in [0.4, 0.5) is 8.78 Å². The Morgan fingerprint density at radius 2 is 1.64 bits per heavy atom. The Morgan fingerprint density at radius 1 is 1.00 bits per heavy atom. The van der Waals surface area contributed by atoms with Crippen LogP contribution < -0.4 is 10.1 Å². The number of alkyl halides is 2. The van der Waals surface area contributed by atoms with Crippen molar-refractivity contribution in [1.82, 2.24) is 5.32 Å². The molecule has 4 nitrogen and oxygen atoms in total. The molecule has 2 aromatic rings. The lowest BCUT2D eigenvalue weighted by atomic mass is 10.1. The monoisotopic (exact) mass is 347 g/mol. The van der Waals surface area contributed by atoms with Crippen molar-refractivity contribution in [3.8, 4) is 5.75 Å². The summed E-state index contributed by atoms with van der Waals surface area (Å²) in [6, 6.07) is 14.6. The highest BCUT2D eigenvalue weighted by Gasteiger charge is 2.13. The van der Waals surface area contributed by atoms with Crippen molar-refractivity contribution in [2.45, 2.75) is 32.4 Å². The van der Waals surface area contributed by atoms with Gasteiger partial charge in [-0.2, -0.15) is 8.78 Å². The van der Waals surface area contributed by atoms with E-state index in [9.17, 15) is 18.4 Å². The second-order valence-electron chi connectivity index (χ2n) is 5.53. The van der Waals surface area contributed by atoms with Crippen molar-refractivity contribution in [3.05, 3.63) is 65.7 Å². The minimum Gasteiger partial charge on any atom is -0.435 e. The molecule has 25 heavy (non-hydrogen) atoms. The SMILES string of the molecule is CC(NC(=O)CCC(=O)c1ccccc1)c1ccc(OC(F)F)cc1. The third-order valence-electron chi connectivity index (χ3n) is 3.66. The number of hydrogen-bond acceptors (Lipinski definition) is 3. The van der Waals surface area contributed by atoms with E-state index in [4.69, 9.17) is 0 Å². The predicted octanol–water partition coefficient (Wildman–Crippen LogP) is 4.13. The van der Waals surface area contributed by atoms with Crippen molar-refractivity contribution in [1.29, 1.82) is 0 Å². The van der Waals surface area contributed by atoms with Gasteiger partial charge in [-0.1, -0.05) is 42.5 Å². The zero-order valence-electron chi connectivity index (χ0n) is 13.7. The molecule has 0 aromatic heterocycles. The average Bonchev–Trinajstić information content (AvgIpc) is 2.60. The highest BCUT2D eigenvalue weighted by atomic mass is 19.3. The summed E-state index contributed by atoms with van der Waals surface area (Å²) in [6.07, 6.45) is 0.217.